The second-order valence-electron chi connectivity index (χ2n) is 8.10. The predicted molar refractivity (Wildman–Crippen MR) is 124 cm³/mol. The second-order valence-corrected chi connectivity index (χ2v) is 8.10. The summed E-state index contributed by atoms with van der Waals surface area (Å²) in [5, 5.41) is 3.20. The molecular weight excluding hydrogens is 418 g/mol. The molecule has 2 aliphatic heterocycles. The van der Waals surface area contributed by atoms with Crippen molar-refractivity contribution in [3.05, 3.63) is 88.9 Å². The maximum absolute atomic E-state index is 13.5. The largest absolute Gasteiger partial charge is 0.486 e. The highest BCUT2D eigenvalue weighted by molar-refractivity contribution is 6.36. The van der Waals surface area contributed by atoms with Crippen LogP contribution in [-0.2, 0) is 16.1 Å². The van der Waals surface area contributed by atoms with Gasteiger partial charge in [0, 0.05) is 24.1 Å². The minimum Gasteiger partial charge on any atom is -0.486 e. The van der Waals surface area contributed by atoms with E-state index >= 15 is 0 Å². The lowest BCUT2D eigenvalue weighted by Crippen LogP contribution is -2.32. The first kappa shape index (κ1) is 20.8. The van der Waals surface area contributed by atoms with Crippen LogP contribution in [0.1, 0.15) is 22.3 Å². The van der Waals surface area contributed by atoms with Gasteiger partial charge in [0.2, 0.25) is 0 Å². The molecule has 0 fully saturated rings. The monoisotopic (exact) mass is 441 g/mol. The standard InChI is InChI=1S/C26H23N3O4/c1-16-3-5-20(17(2)13-16)23-24(28-19-4-6-21-22(14-19)33-12-11-32-21)26(31)29(25(23)30)15-18-7-9-27-10-8-18/h3-10,13-14,28H,11-12,15H2,1-2H3. The first-order chi connectivity index (χ1) is 16.0. The number of pyridine rings is 1. The third kappa shape index (κ3) is 3.93. The normalized spacial score (nSPS) is 15.3. The molecule has 0 aliphatic carbocycles. The molecule has 0 radical (unpaired) electrons. The van der Waals surface area contributed by atoms with Crippen molar-refractivity contribution in [2.75, 3.05) is 18.5 Å². The Labute approximate surface area is 191 Å². The zero-order chi connectivity index (χ0) is 22.9. The Morgan fingerprint density at radius 1 is 0.909 bits per heavy atom. The molecular formula is C26H23N3O4. The maximum Gasteiger partial charge on any atom is 0.278 e. The van der Waals surface area contributed by atoms with Gasteiger partial charge in [-0.05, 0) is 54.8 Å². The van der Waals surface area contributed by atoms with Crippen molar-refractivity contribution in [2.24, 2.45) is 0 Å². The van der Waals surface area contributed by atoms with Gasteiger partial charge < -0.3 is 14.8 Å². The number of carbonyl (C=O) groups excluding carboxylic acids is 2. The Hall–Kier alpha value is -4.13. The molecule has 7 nitrogen and oxygen atoms in total. The van der Waals surface area contributed by atoms with E-state index in [9.17, 15) is 9.59 Å². The molecule has 3 aromatic rings. The topological polar surface area (TPSA) is 80.8 Å². The van der Waals surface area contributed by atoms with Gasteiger partial charge in [-0.1, -0.05) is 23.8 Å². The third-order valence-corrected chi connectivity index (χ3v) is 5.72. The zero-order valence-electron chi connectivity index (χ0n) is 18.4. The number of rotatable bonds is 5. The van der Waals surface area contributed by atoms with Crippen LogP contribution in [-0.4, -0.2) is 34.9 Å². The summed E-state index contributed by atoms with van der Waals surface area (Å²) in [6, 6.07) is 14.8. The van der Waals surface area contributed by atoms with Gasteiger partial charge in [-0.3, -0.25) is 19.5 Å². The third-order valence-electron chi connectivity index (χ3n) is 5.72. The molecule has 3 heterocycles. The van der Waals surface area contributed by atoms with Crippen LogP contribution < -0.4 is 14.8 Å². The molecule has 2 aliphatic rings. The van der Waals surface area contributed by atoms with Gasteiger partial charge in [-0.25, -0.2) is 0 Å². The van der Waals surface area contributed by atoms with Gasteiger partial charge in [0.1, 0.15) is 18.9 Å². The fourth-order valence-corrected chi connectivity index (χ4v) is 4.12. The lowest BCUT2D eigenvalue weighted by atomic mass is 9.97. The number of aryl methyl sites for hydroxylation is 2. The highest BCUT2D eigenvalue weighted by atomic mass is 16.6. The number of anilines is 1. The predicted octanol–water partition coefficient (Wildman–Crippen LogP) is 3.86. The summed E-state index contributed by atoms with van der Waals surface area (Å²) < 4.78 is 11.3. The molecule has 0 saturated carbocycles. The average molecular weight is 441 g/mol. The molecule has 0 spiro atoms. The Balaban J connectivity index is 1.56. The highest BCUT2D eigenvalue weighted by Crippen LogP contribution is 2.36. The first-order valence-corrected chi connectivity index (χ1v) is 10.7. The molecule has 1 N–H and O–H groups in total. The molecule has 1 aromatic heterocycles. The maximum atomic E-state index is 13.5. The summed E-state index contributed by atoms with van der Waals surface area (Å²) in [6.07, 6.45) is 3.29. The van der Waals surface area contributed by atoms with E-state index in [0.29, 0.717) is 36.0 Å². The van der Waals surface area contributed by atoms with Crippen LogP contribution in [0, 0.1) is 13.8 Å². The van der Waals surface area contributed by atoms with Gasteiger partial charge in [-0.15, -0.1) is 0 Å². The molecule has 0 saturated heterocycles. The lowest BCUT2D eigenvalue weighted by Gasteiger charge is -2.19. The number of hydrogen-bond donors (Lipinski definition) is 1. The van der Waals surface area contributed by atoms with E-state index in [1.54, 1.807) is 36.7 Å². The van der Waals surface area contributed by atoms with Crippen LogP contribution in [0.25, 0.3) is 5.57 Å². The van der Waals surface area contributed by atoms with Crippen molar-refractivity contribution in [2.45, 2.75) is 20.4 Å². The number of fused-ring (bicyclic) bond motifs is 1. The van der Waals surface area contributed by atoms with E-state index in [0.717, 1.165) is 22.3 Å². The number of hydrogen-bond acceptors (Lipinski definition) is 6. The van der Waals surface area contributed by atoms with E-state index in [2.05, 4.69) is 10.3 Å². The van der Waals surface area contributed by atoms with Gasteiger partial charge in [0.25, 0.3) is 11.8 Å². The van der Waals surface area contributed by atoms with Crippen LogP contribution >= 0.6 is 0 Å². The van der Waals surface area contributed by atoms with Gasteiger partial charge in [0.15, 0.2) is 11.5 Å². The van der Waals surface area contributed by atoms with Gasteiger partial charge >= 0.3 is 0 Å². The number of nitrogens with zero attached hydrogens (tertiary/aromatic N) is 2. The molecule has 0 unspecified atom stereocenters. The Morgan fingerprint density at radius 3 is 2.42 bits per heavy atom. The van der Waals surface area contributed by atoms with Crippen molar-refractivity contribution in [1.29, 1.82) is 0 Å². The van der Waals surface area contributed by atoms with Crippen molar-refractivity contribution < 1.29 is 19.1 Å². The summed E-state index contributed by atoms with van der Waals surface area (Å²) in [4.78, 5) is 32.3. The van der Waals surface area contributed by atoms with E-state index < -0.39 is 0 Å². The summed E-state index contributed by atoms with van der Waals surface area (Å²) in [6.45, 7) is 5.07. The van der Waals surface area contributed by atoms with E-state index in [4.69, 9.17) is 9.47 Å². The fourth-order valence-electron chi connectivity index (χ4n) is 4.12. The summed E-state index contributed by atoms with van der Waals surface area (Å²) in [5.74, 6) is 0.555. The van der Waals surface area contributed by atoms with E-state index in [1.807, 2.05) is 38.1 Å². The van der Waals surface area contributed by atoms with Crippen molar-refractivity contribution >= 4 is 23.1 Å². The van der Waals surface area contributed by atoms with Crippen LogP contribution in [0.5, 0.6) is 11.5 Å². The Morgan fingerprint density at radius 2 is 1.67 bits per heavy atom. The van der Waals surface area contributed by atoms with Crippen LogP contribution in [0.15, 0.2) is 66.6 Å². The average Bonchev–Trinajstić information content (AvgIpc) is 3.04. The number of carbonyl (C=O) groups is 2. The minimum atomic E-state index is -0.373. The number of nitrogens with one attached hydrogen (secondary N) is 1. The molecule has 166 valence electrons. The molecule has 2 amide bonds. The smallest absolute Gasteiger partial charge is 0.278 e. The lowest BCUT2D eigenvalue weighted by molar-refractivity contribution is -0.137. The zero-order valence-corrected chi connectivity index (χ0v) is 18.4. The Bertz CT molecular complexity index is 1280. The van der Waals surface area contributed by atoms with Crippen molar-refractivity contribution in [3.63, 3.8) is 0 Å². The number of imide groups is 1. The highest BCUT2D eigenvalue weighted by Gasteiger charge is 2.39. The number of ether oxygens (including phenoxy) is 2. The second kappa shape index (κ2) is 8.43. The molecule has 33 heavy (non-hydrogen) atoms. The van der Waals surface area contributed by atoms with Gasteiger partial charge in [-0.2, -0.15) is 0 Å². The van der Waals surface area contributed by atoms with Gasteiger partial charge in [0.05, 0.1) is 12.1 Å². The number of aromatic nitrogens is 1. The van der Waals surface area contributed by atoms with Crippen molar-refractivity contribution in [1.82, 2.24) is 9.88 Å². The molecule has 2 aromatic carbocycles. The molecule has 0 bridgehead atoms. The van der Waals surface area contributed by atoms with Crippen molar-refractivity contribution in [3.8, 4) is 11.5 Å². The van der Waals surface area contributed by atoms with E-state index in [-0.39, 0.29) is 24.1 Å². The van der Waals surface area contributed by atoms with Crippen LogP contribution in [0.4, 0.5) is 5.69 Å². The fraction of sp³-hybridized carbons (Fsp3) is 0.192. The first-order valence-electron chi connectivity index (χ1n) is 10.7. The summed E-state index contributed by atoms with van der Waals surface area (Å²) in [5.41, 5.74) is 4.83. The molecule has 0 atom stereocenters. The SMILES string of the molecule is Cc1ccc(C2=C(Nc3ccc4c(c3)OCCO4)C(=O)N(Cc3ccncc3)C2=O)c(C)c1. The summed E-state index contributed by atoms with van der Waals surface area (Å²) in [7, 11) is 0. The minimum absolute atomic E-state index is 0.168. The van der Waals surface area contributed by atoms with Crippen LogP contribution in [0.2, 0.25) is 0 Å². The quantitative estimate of drug-likeness (QED) is 0.606. The molecule has 7 heteroatoms. The molecule has 5 rings (SSSR count). The summed E-state index contributed by atoms with van der Waals surface area (Å²) >= 11 is 0. The van der Waals surface area contributed by atoms with E-state index in [1.165, 1.54) is 4.90 Å². The number of amides is 2. The van der Waals surface area contributed by atoms with Crippen LogP contribution in [0.3, 0.4) is 0 Å². The Kier molecular flexibility index (Phi) is 5.30. The number of benzene rings is 2.